The molecule has 64 valence electrons. The van der Waals surface area contributed by atoms with Crippen molar-refractivity contribution >= 4 is 6.29 Å². The molecule has 0 fully saturated rings. The molecule has 0 saturated heterocycles. The molecule has 1 nitrogen and oxygen atoms in total. The molecule has 0 unspecified atom stereocenters. The van der Waals surface area contributed by atoms with Crippen LogP contribution in [-0.4, -0.2) is 6.29 Å². The van der Waals surface area contributed by atoms with Gasteiger partial charge in [0.05, 0.1) is 0 Å². The van der Waals surface area contributed by atoms with E-state index in [4.69, 9.17) is 0 Å². The van der Waals surface area contributed by atoms with Gasteiger partial charge in [0.1, 0.15) is 6.29 Å². The maximum absolute atomic E-state index is 10.2. The molecule has 0 atom stereocenters. The van der Waals surface area contributed by atoms with Gasteiger partial charge in [-0.2, -0.15) is 0 Å². The lowest BCUT2D eigenvalue weighted by molar-refractivity contribution is -0.105. The van der Waals surface area contributed by atoms with E-state index in [0.717, 1.165) is 30.6 Å². The van der Waals surface area contributed by atoms with E-state index in [1.165, 1.54) is 12.8 Å². The van der Waals surface area contributed by atoms with Crippen LogP contribution in [0.25, 0.3) is 0 Å². The summed E-state index contributed by atoms with van der Waals surface area (Å²) in [6.45, 7) is 8.03. The van der Waals surface area contributed by atoms with E-state index >= 15 is 0 Å². The summed E-state index contributed by atoms with van der Waals surface area (Å²) in [5.41, 5.74) is 0.733. The second kappa shape index (κ2) is 6.14. The molecule has 0 amide bonds. The van der Waals surface area contributed by atoms with E-state index in [1.54, 1.807) is 0 Å². The Morgan fingerprint density at radius 2 is 2.00 bits per heavy atom. The molecule has 0 heterocycles. The van der Waals surface area contributed by atoms with Gasteiger partial charge in [-0.15, -0.1) is 0 Å². The largest absolute Gasteiger partial charge is 0.298 e. The Balaban J connectivity index is 3.49. The van der Waals surface area contributed by atoms with E-state index < -0.39 is 0 Å². The van der Waals surface area contributed by atoms with Gasteiger partial charge in [0, 0.05) is 0 Å². The Kier molecular flexibility index (Phi) is 5.81. The number of aldehydes is 1. The molecule has 0 aliphatic heterocycles. The van der Waals surface area contributed by atoms with Gasteiger partial charge in [-0.3, -0.25) is 4.79 Å². The van der Waals surface area contributed by atoms with Gasteiger partial charge >= 0.3 is 0 Å². The van der Waals surface area contributed by atoms with Gasteiger partial charge in [-0.1, -0.05) is 33.3 Å². The average Bonchev–Trinajstić information content (AvgIpc) is 2.06. The zero-order valence-electron chi connectivity index (χ0n) is 7.60. The topological polar surface area (TPSA) is 17.1 Å². The van der Waals surface area contributed by atoms with Crippen molar-refractivity contribution in [3.8, 4) is 0 Å². The monoisotopic (exact) mass is 154 g/mol. The van der Waals surface area contributed by atoms with Gasteiger partial charge in [-0.05, 0) is 24.3 Å². The minimum absolute atomic E-state index is 0.733. The maximum Gasteiger partial charge on any atom is 0.145 e. The summed E-state index contributed by atoms with van der Waals surface area (Å²) in [5, 5.41) is 0. The molecular weight excluding hydrogens is 136 g/mol. The first-order valence-corrected chi connectivity index (χ1v) is 4.37. The van der Waals surface area contributed by atoms with E-state index in [0.29, 0.717) is 0 Å². The van der Waals surface area contributed by atoms with Crippen molar-refractivity contribution in [2.75, 3.05) is 0 Å². The first kappa shape index (κ1) is 10.4. The molecule has 1 heteroatoms. The van der Waals surface area contributed by atoms with E-state index in [9.17, 15) is 4.79 Å². The molecule has 0 radical (unpaired) electrons. The van der Waals surface area contributed by atoms with Crippen LogP contribution in [0.3, 0.4) is 0 Å². The van der Waals surface area contributed by atoms with Crippen molar-refractivity contribution in [3.05, 3.63) is 12.2 Å². The third-order valence-corrected chi connectivity index (χ3v) is 2.20. The number of hydrogen-bond donors (Lipinski definition) is 0. The molecule has 0 rings (SSSR count). The quantitative estimate of drug-likeness (QED) is 0.424. The van der Waals surface area contributed by atoms with Crippen molar-refractivity contribution in [2.45, 2.75) is 39.5 Å². The highest BCUT2D eigenvalue weighted by Gasteiger charge is 2.03. The van der Waals surface area contributed by atoms with Gasteiger partial charge in [-0.25, -0.2) is 0 Å². The van der Waals surface area contributed by atoms with Crippen LogP contribution in [0, 0.1) is 5.92 Å². The second-order valence-corrected chi connectivity index (χ2v) is 3.00. The third kappa shape index (κ3) is 4.77. The zero-order chi connectivity index (χ0) is 8.69. The Morgan fingerprint density at radius 1 is 1.45 bits per heavy atom. The summed E-state index contributed by atoms with van der Waals surface area (Å²) >= 11 is 0. The first-order chi connectivity index (χ1) is 5.24. The zero-order valence-corrected chi connectivity index (χ0v) is 7.60. The molecule has 11 heavy (non-hydrogen) atoms. The summed E-state index contributed by atoms with van der Waals surface area (Å²) in [4.78, 5) is 10.2. The number of carbonyl (C=O) groups excluding carboxylic acids is 1. The molecule has 0 aliphatic rings. The normalized spacial score (nSPS) is 10.1. The molecule has 0 aromatic heterocycles. The Morgan fingerprint density at radius 3 is 2.36 bits per heavy atom. The van der Waals surface area contributed by atoms with E-state index in [1.807, 2.05) is 0 Å². The van der Waals surface area contributed by atoms with Crippen LogP contribution in [0.15, 0.2) is 12.2 Å². The fraction of sp³-hybridized carbons (Fsp3) is 0.700. The molecule has 0 aromatic rings. The van der Waals surface area contributed by atoms with Crippen LogP contribution in [0.1, 0.15) is 39.5 Å². The summed E-state index contributed by atoms with van der Waals surface area (Å²) in [7, 11) is 0. The average molecular weight is 154 g/mol. The fourth-order valence-electron chi connectivity index (χ4n) is 1.15. The van der Waals surface area contributed by atoms with Crippen LogP contribution in [0.5, 0.6) is 0 Å². The standard InChI is InChI=1S/C10H18O/c1-4-10(5-2)7-6-9(3)8-11/h8,10H,3-7H2,1-2H3. The first-order valence-electron chi connectivity index (χ1n) is 4.37. The smallest absolute Gasteiger partial charge is 0.145 e. The maximum atomic E-state index is 10.2. The lowest BCUT2D eigenvalue weighted by Gasteiger charge is -2.10. The van der Waals surface area contributed by atoms with Crippen molar-refractivity contribution in [2.24, 2.45) is 5.92 Å². The Bertz CT molecular complexity index is 123. The minimum Gasteiger partial charge on any atom is -0.298 e. The Hall–Kier alpha value is -0.590. The van der Waals surface area contributed by atoms with Crippen molar-refractivity contribution in [1.29, 1.82) is 0 Å². The third-order valence-electron chi connectivity index (χ3n) is 2.20. The van der Waals surface area contributed by atoms with Gasteiger partial charge in [0.15, 0.2) is 0 Å². The summed E-state index contributed by atoms with van der Waals surface area (Å²) in [6.07, 6.45) is 5.27. The molecule has 0 bridgehead atoms. The predicted octanol–water partition coefficient (Wildman–Crippen LogP) is 2.96. The summed E-state index contributed by atoms with van der Waals surface area (Å²) in [5.74, 6) is 0.770. The summed E-state index contributed by atoms with van der Waals surface area (Å²) < 4.78 is 0. The highest BCUT2D eigenvalue weighted by molar-refractivity contribution is 5.71. The van der Waals surface area contributed by atoms with Crippen LogP contribution in [0.2, 0.25) is 0 Å². The molecule has 0 aliphatic carbocycles. The molecule has 0 spiro atoms. The van der Waals surface area contributed by atoms with Gasteiger partial charge < -0.3 is 0 Å². The van der Waals surface area contributed by atoms with E-state index in [2.05, 4.69) is 20.4 Å². The number of rotatable bonds is 6. The lowest BCUT2D eigenvalue weighted by Crippen LogP contribution is -1.97. The SMILES string of the molecule is C=C(C=O)CCC(CC)CC. The minimum atomic E-state index is 0.733. The number of carbonyl (C=O) groups is 1. The highest BCUT2D eigenvalue weighted by Crippen LogP contribution is 2.16. The fourth-order valence-corrected chi connectivity index (χ4v) is 1.15. The van der Waals surface area contributed by atoms with Gasteiger partial charge in [0.25, 0.3) is 0 Å². The Labute approximate surface area is 69.5 Å². The van der Waals surface area contributed by atoms with Gasteiger partial charge in [0.2, 0.25) is 0 Å². The summed E-state index contributed by atoms with van der Waals surface area (Å²) in [6, 6.07) is 0. The molecule has 0 aromatic carbocycles. The number of hydrogen-bond acceptors (Lipinski definition) is 1. The van der Waals surface area contributed by atoms with Crippen LogP contribution in [0.4, 0.5) is 0 Å². The van der Waals surface area contributed by atoms with Crippen molar-refractivity contribution in [1.82, 2.24) is 0 Å². The van der Waals surface area contributed by atoms with Crippen LogP contribution >= 0.6 is 0 Å². The second-order valence-electron chi connectivity index (χ2n) is 3.00. The highest BCUT2D eigenvalue weighted by atomic mass is 16.1. The molecule has 0 N–H and O–H groups in total. The van der Waals surface area contributed by atoms with Crippen LogP contribution in [-0.2, 0) is 4.79 Å². The predicted molar refractivity (Wildman–Crippen MR) is 48.5 cm³/mol. The van der Waals surface area contributed by atoms with Crippen molar-refractivity contribution < 1.29 is 4.79 Å². The number of allylic oxidation sites excluding steroid dienone is 1. The molecule has 0 saturated carbocycles. The van der Waals surface area contributed by atoms with E-state index in [-0.39, 0.29) is 0 Å². The van der Waals surface area contributed by atoms with Crippen LogP contribution < -0.4 is 0 Å². The lowest BCUT2D eigenvalue weighted by atomic mass is 9.96. The van der Waals surface area contributed by atoms with Crippen molar-refractivity contribution in [3.63, 3.8) is 0 Å². The molecular formula is C10H18O.